The van der Waals surface area contributed by atoms with Crippen molar-refractivity contribution >= 4 is 11.7 Å². The average Bonchev–Trinajstić information content (AvgIpc) is 2.49. The van der Waals surface area contributed by atoms with Gasteiger partial charge in [-0.05, 0) is 13.8 Å². The number of carbonyl (C=O) groups excluding carboxylic acids is 1. The fraction of sp³-hybridized carbons (Fsp3) is 0.636. The number of likely N-dealkylation sites (N-methyl/N-ethyl adjacent to an activating group) is 1. The Morgan fingerprint density at radius 3 is 2.53 bits per heavy atom. The molecule has 1 unspecified atom stereocenters. The molecular formula is C11H20N4O2. The van der Waals surface area contributed by atoms with Crippen molar-refractivity contribution in [1.82, 2.24) is 15.5 Å². The number of β-amino-alcohol motifs (C(OH)–C–C–N with tert-alkyl or cyclic N) is 1. The number of amides is 1. The summed E-state index contributed by atoms with van der Waals surface area (Å²) in [6.07, 6.45) is 0.857. The molecule has 1 heterocycles. The standard InChI is InChI=1S/C11H20N4O2/c1-11(2)8(16)6-15(10(11)17)9(12)7(14-4)5-13-3/h5,8,12-14,16H,6H2,1-4H3/b7-5+,12-9?. The first kappa shape index (κ1) is 13.5. The molecule has 0 aliphatic carbocycles. The Labute approximate surface area is 101 Å². The number of hydrogen-bond acceptors (Lipinski definition) is 5. The summed E-state index contributed by atoms with van der Waals surface area (Å²) in [6.45, 7) is 3.54. The molecule has 0 saturated carbocycles. The number of hydrogen-bond donors (Lipinski definition) is 4. The van der Waals surface area contributed by atoms with E-state index in [2.05, 4.69) is 10.6 Å². The highest BCUT2D eigenvalue weighted by Crippen LogP contribution is 2.31. The maximum Gasteiger partial charge on any atom is 0.236 e. The van der Waals surface area contributed by atoms with Crippen molar-refractivity contribution in [2.45, 2.75) is 20.0 Å². The summed E-state index contributed by atoms with van der Waals surface area (Å²) in [5.41, 5.74) is -0.323. The molecule has 6 nitrogen and oxygen atoms in total. The van der Waals surface area contributed by atoms with Gasteiger partial charge in [0, 0.05) is 20.3 Å². The van der Waals surface area contributed by atoms with Gasteiger partial charge >= 0.3 is 0 Å². The molecule has 1 rings (SSSR count). The highest BCUT2D eigenvalue weighted by atomic mass is 16.3. The van der Waals surface area contributed by atoms with Gasteiger partial charge in [0.15, 0.2) is 5.84 Å². The Balaban J connectivity index is 2.93. The van der Waals surface area contributed by atoms with E-state index >= 15 is 0 Å². The second-order valence-electron chi connectivity index (χ2n) is 4.60. The minimum absolute atomic E-state index is 0.0662. The van der Waals surface area contributed by atoms with Crippen molar-refractivity contribution in [2.75, 3.05) is 20.6 Å². The zero-order chi connectivity index (χ0) is 13.2. The van der Waals surface area contributed by atoms with Crippen LogP contribution in [0.5, 0.6) is 0 Å². The largest absolute Gasteiger partial charge is 0.392 e. The topological polar surface area (TPSA) is 88.4 Å². The minimum Gasteiger partial charge on any atom is -0.392 e. The average molecular weight is 240 g/mol. The van der Waals surface area contributed by atoms with Gasteiger partial charge in [0.05, 0.1) is 23.8 Å². The van der Waals surface area contributed by atoms with Crippen LogP contribution < -0.4 is 10.6 Å². The molecule has 17 heavy (non-hydrogen) atoms. The molecule has 1 atom stereocenters. The van der Waals surface area contributed by atoms with Crippen LogP contribution in [0.15, 0.2) is 11.9 Å². The number of carbonyl (C=O) groups is 1. The van der Waals surface area contributed by atoms with Crippen molar-refractivity contribution in [1.29, 1.82) is 5.41 Å². The summed E-state index contributed by atoms with van der Waals surface area (Å²) in [4.78, 5) is 13.3. The predicted molar refractivity (Wildman–Crippen MR) is 65.4 cm³/mol. The van der Waals surface area contributed by atoms with E-state index in [1.807, 2.05) is 0 Å². The maximum atomic E-state index is 12.1. The number of nitrogens with one attached hydrogen (secondary N) is 3. The molecule has 1 fully saturated rings. The van der Waals surface area contributed by atoms with Crippen LogP contribution >= 0.6 is 0 Å². The van der Waals surface area contributed by atoms with Gasteiger partial charge in [-0.15, -0.1) is 0 Å². The lowest BCUT2D eigenvalue weighted by atomic mass is 9.89. The van der Waals surface area contributed by atoms with Crippen LogP contribution in [-0.2, 0) is 4.79 Å². The number of rotatable bonds is 3. The molecule has 0 bridgehead atoms. The molecule has 1 aliphatic rings. The normalized spacial score (nSPS) is 23.8. The second-order valence-corrected chi connectivity index (χ2v) is 4.60. The molecule has 0 aromatic carbocycles. The van der Waals surface area contributed by atoms with E-state index in [0.717, 1.165) is 0 Å². The van der Waals surface area contributed by atoms with E-state index in [4.69, 9.17) is 5.41 Å². The lowest BCUT2D eigenvalue weighted by Gasteiger charge is -2.21. The van der Waals surface area contributed by atoms with Crippen molar-refractivity contribution in [2.24, 2.45) is 5.41 Å². The van der Waals surface area contributed by atoms with Gasteiger partial charge in [-0.2, -0.15) is 0 Å². The van der Waals surface area contributed by atoms with Gasteiger partial charge in [0.25, 0.3) is 0 Å². The van der Waals surface area contributed by atoms with E-state index in [-0.39, 0.29) is 18.3 Å². The third-order valence-corrected chi connectivity index (χ3v) is 3.07. The van der Waals surface area contributed by atoms with Crippen molar-refractivity contribution in [3.8, 4) is 0 Å². The van der Waals surface area contributed by atoms with Crippen LogP contribution in [0, 0.1) is 10.8 Å². The van der Waals surface area contributed by atoms with E-state index in [1.165, 1.54) is 4.90 Å². The zero-order valence-electron chi connectivity index (χ0n) is 10.7. The van der Waals surface area contributed by atoms with Gasteiger partial charge in [-0.1, -0.05) is 0 Å². The van der Waals surface area contributed by atoms with Crippen molar-refractivity contribution in [3.63, 3.8) is 0 Å². The summed E-state index contributed by atoms with van der Waals surface area (Å²) < 4.78 is 0. The molecule has 1 aliphatic heterocycles. The molecular weight excluding hydrogens is 220 g/mol. The van der Waals surface area contributed by atoms with E-state index < -0.39 is 11.5 Å². The monoisotopic (exact) mass is 240 g/mol. The van der Waals surface area contributed by atoms with Crippen molar-refractivity contribution in [3.05, 3.63) is 11.9 Å². The second kappa shape index (κ2) is 4.75. The zero-order valence-corrected chi connectivity index (χ0v) is 10.7. The first-order chi connectivity index (χ1) is 7.86. The van der Waals surface area contributed by atoms with Gasteiger partial charge in [-0.3, -0.25) is 15.1 Å². The Kier molecular flexibility index (Phi) is 3.77. The summed E-state index contributed by atoms with van der Waals surface area (Å²) in [7, 11) is 3.40. The SMILES string of the molecule is CN/C=C(/NC)C(=N)N1CC(O)C(C)(C)C1=O. The van der Waals surface area contributed by atoms with Gasteiger partial charge in [0.1, 0.15) is 0 Å². The molecule has 4 N–H and O–H groups in total. The van der Waals surface area contributed by atoms with Crippen LogP contribution in [-0.4, -0.2) is 48.5 Å². The summed E-state index contributed by atoms with van der Waals surface area (Å²) in [5, 5.41) is 23.4. The van der Waals surface area contributed by atoms with Crippen LogP contribution in [0.2, 0.25) is 0 Å². The molecule has 96 valence electrons. The van der Waals surface area contributed by atoms with Crippen molar-refractivity contribution < 1.29 is 9.90 Å². The third-order valence-electron chi connectivity index (χ3n) is 3.07. The van der Waals surface area contributed by atoms with Crippen LogP contribution in [0.4, 0.5) is 0 Å². The van der Waals surface area contributed by atoms with Crippen LogP contribution in [0.25, 0.3) is 0 Å². The van der Waals surface area contributed by atoms with Gasteiger partial charge in [-0.25, -0.2) is 0 Å². The Morgan fingerprint density at radius 2 is 2.18 bits per heavy atom. The third kappa shape index (κ3) is 2.26. The fourth-order valence-corrected chi connectivity index (χ4v) is 1.72. The van der Waals surface area contributed by atoms with E-state index in [9.17, 15) is 9.90 Å². The molecule has 0 radical (unpaired) electrons. The number of nitrogens with zero attached hydrogens (tertiary/aromatic N) is 1. The summed E-state index contributed by atoms with van der Waals surface area (Å²) >= 11 is 0. The Hall–Kier alpha value is -1.56. The molecule has 0 aromatic rings. The molecule has 0 spiro atoms. The number of aliphatic hydroxyl groups is 1. The molecule has 1 amide bonds. The van der Waals surface area contributed by atoms with E-state index in [1.54, 1.807) is 34.1 Å². The number of likely N-dealkylation sites (tertiary alicyclic amines) is 1. The Bertz CT molecular complexity index is 362. The summed E-state index contributed by atoms with van der Waals surface area (Å²) in [6, 6.07) is 0. The molecule has 1 saturated heterocycles. The van der Waals surface area contributed by atoms with Gasteiger partial charge < -0.3 is 15.7 Å². The fourth-order valence-electron chi connectivity index (χ4n) is 1.72. The predicted octanol–water partition coefficient (Wildman–Crippen LogP) is -0.527. The van der Waals surface area contributed by atoms with Crippen LogP contribution in [0.3, 0.4) is 0 Å². The quantitative estimate of drug-likeness (QED) is 0.394. The van der Waals surface area contributed by atoms with E-state index in [0.29, 0.717) is 5.70 Å². The number of aliphatic hydroxyl groups excluding tert-OH is 1. The van der Waals surface area contributed by atoms with Gasteiger partial charge in [0.2, 0.25) is 5.91 Å². The molecule has 0 aromatic heterocycles. The first-order valence-electron chi connectivity index (χ1n) is 5.50. The number of amidine groups is 1. The van der Waals surface area contributed by atoms with Crippen LogP contribution in [0.1, 0.15) is 13.8 Å². The highest BCUT2D eigenvalue weighted by molar-refractivity contribution is 6.08. The molecule has 6 heteroatoms. The lowest BCUT2D eigenvalue weighted by Crippen LogP contribution is -2.39. The minimum atomic E-state index is -0.829. The summed E-state index contributed by atoms with van der Waals surface area (Å²) in [5.74, 6) is -0.163. The lowest BCUT2D eigenvalue weighted by molar-refractivity contribution is -0.133. The Morgan fingerprint density at radius 1 is 1.59 bits per heavy atom. The smallest absolute Gasteiger partial charge is 0.236 e. The highest BCUT2D eigenvalue weighted by Gasteiger charge is 2.48. The maximum absolute atomic E-state index is 12.1. The first-order valence-corrected chi connectivity index (χ1v) is 5.50.